The van der Waals surface area contributed by atoms with E-state index >= 15 is 0 Å². The molecule has 0 saturated carbocycles. The third-order valence-electron chi connectivity index (χ3n) is 6.36. The monoisotopic (exact) mass is 420 g/mol. The highest BCUT2D eigenvalue weighted by atomic mass is 32.2. The number of amides is 2. The van der Waals surface area contributed by atoms with Crippen molar-refractivity contribution in [2.45, 2.75) is 37.0 Å². The molecule has 3 aliphatic rings. The highest BCUT2D eigenvalue weighted by Gasteiger charge is 2.41. The Balaban J connectivity index is 1.43. The zero-order valence-electron chi connectivity index (χ0n) is 16.5. The number of likely N-dealkylation sites (tertiary alicyclic amines) is 1. The van der Waals surface area contributed by atoms with Gasteiger partial charge in [0, 0.05) is 45.3 Å². The summed E-state index contributed by atoms with van der Waals surface area (Å²) >= 11 is 0. The normalized spacial score (nSPS) is 28.3. The molecule has 0 bridgehead atoms. The Morgan fingerprint density at radius 2 is 1.76 bits per heavy atom. The maximum absolute atomic E-state index is 13.1. The third kappa shape index (κ3) is 4.33. The van der Waals surface area contributed by atoms with Gasteiger partial charge in [0.15, 0.2) is 9.84 Å². The summed E-state index contributed by atoms with van der Waals surface area (Å²) in [5, 5.41) is -0.578. The molecule has 0 N–H and O–H groups in total. The average molecular weight is 421 g/mol. The fourth-order valence-electron chi connectivity index (χ4n) is 4.71. The molecule has 0 unspecified atom stereocenters. The second kappa shape index (κ2) is 8.44. The standard InChI is InChI=1S/C21H28N2O5S/c24-20-14-17(15-23(20)18-7-11-28-12-8-18)21(25)22-9-6-19(29(26,27)13-10-22)16-4-2-1-3-5-16/h1-5,17-19H,6-15H2/t17-,19-/m1/s1. The van der Waals surface area contributed by atoms with Gasteiger partial charge in [0.05, 0.1) is 16.9 Å². The van der Waals surface area contributed by atoms with Crippen LogP contribution in [0.1, 0.15) is 36.5 Å². The van der Waals surface area contributed by atoms with E-state index in [2.05, 4.69) is 0 Å². The minimum Gasteiger partial charge on any atom is -0.381 e. The Bertz CT molecular complexity index is 851. The van der Waals surface area contributed by atoms with E-state index in [9.17, 15) is 18.0 Å². The van der Waals surface area contributed by atoms with Crippen LogP contribution in [0.15, 0.2) is 30.3 Å². The fraction of sp³-hybridized carbons (Fsp3) is 0.619. The third-order valence-corrected chi connectivity index (χ3v) is 8.49. The summed E-state index contributed by atoms with van der Waals surface area (Å²) in [6.07, 6.45) is 2.24. The fourth-order valence-corrected chi connectivity index (χ4v) is 6.51. The van der Waals surface area contributed by atoms with E-state index < -0.39 is 15.1 Å². The number of hydrogen-bond donors (Lipinski definition) is 0. The van der Waals surface area contributed by atoms with Gasteiger partial charge in [-0.25, -0.2) is 8.42 Å². The number of carbonyl (C=O) groups excluding carboxylic acids is 2. The quantitative estimate of drug-likeness (QED) is 0.738. The Kier molecular flexibility index (Phi) is 5.92. The Hall–Kier alpha value is -1.93. The maximum atomic E-state index is 13.1. The van der Waals surface area contributed by atoms with Crippen molar-refractivity contribution in [3.63, 3.8) is 0 Å². The summed E-state index contributed by atoms with van der Waals surface area (Å²) < 4.78 is 31.0. The average Bonchev–Trinajstić information content (AvgIpc) is 3.04. The number of sulfone groups is 1. The molecule has 4 rings (SSSR count). The predicted molar refractivity (Wildman–Crippen MR) is 108 cm³/mol. The summed E-state index contributed by atoms with van der Waals surface area (Å²) in [6, 6.07) is 9.37. The first kappa shape index (κ1) is 20.3. The smallest absolute Gasteiger partial charge is 0.228 e. The Morgan fingerprint density at radius 1 is 1.03 bits per heavy atom. The van der Waals surface area contributed by atoms with Crippen LogP contribution in [0.25, 0.3) is 0 Å². The van der Waals surface area contributed by atoms with Crippen molar-refractivity contribution in [3.05, 3.63) is 35.9 Å². The van der Waals surface area contributed by atoms with Gasteiger partial charge in [0.1, 0.15) is 0 Å². The van der Waals surface area contributed by atoms with Gasteiger partial charge in [0.25, 0.3) is 0 Å². The second-order valence-corrected chi connectivity index (χ2v) is 10.5. The number of nitrogens with zero attached hydrogens (tertiary/aromatic N) is 2. The molecule has 0 aromatic heterocycles. The van der Waals surface area contributed by atoms with E-state index in [-0.39, 0.29) is 42.5 Å². The van der Waals surface area contributed by atoms with Crippen LogP contribution in [0.4, 0.5) is 0 Å². The lowest BCUT2D eigenvalue weighted by atomic mass is 10.1. The number of rotatable bonds is 3. The first-order valence-electron chi connectivity index (χ1n) is 10.4. The van der Waals surface area contributed by atoms with E-state index in [1.54, 1.807) is 4.90 Å². The molecule has 1 aromatic carbocycles. The molecular weight excluding hydrogens is 392 g/mol. The molecule has 0 spiro atoms. The summed E-state index contributed by atoms with van der Waals surface area (Å²) in [7, 11) is -3.33. The van der Waals surface area contributed by atoms with Crippen LogP contribution in [-0.2, 0) is 24.2 Å². The highest BCUT2D eigenvalue weighted by Crippen LogP contribution is 2.31. The van der Waals surface area contributed by atoms with E-state index in [0.717, 1.165) is 18.4 Å². The molecule has 3 fully saturated rings. The minimum atomic E-state index is -3.33. The lowest BCUT2D eigenvalue weighted by Crippen LogP contribution is -2.42. The second-order valence-electron chi connectivity index (χ2n) is 8.17. The molecule has 1 aromatic rings. The number of benzene rings is 1. The molecule has 158 valence electrons. The number of hydrogen-bond acceptors (Lipinski definition) is 5. The molecule has 0 radical (unpaired) electrons. The molecule has 3 saturated heterocycles. The Morgan fingerprint density at radius 3 is 2.48 bits per heavy atom. The van der Waals surface area contributed by atoms with Crippen LogP contribution >= 0.6 is 0 Å². The van der Waals surface area contributed by atoms with Crippen molar-refractivity contribution in [3.8, 4) is 0 Å². The van der Waals surface area contributed by atoms with E-state index in [0.29, 0.717) is 32.7 Å². The molecule has 2 atom stereocenters. The van der Waals surface area contributed by atoms with Gasteiger partial charge in [0.2, 0.25) is 11.8 Å². The highest BCUT2D eigenvalue weighted by molar-refractivity contribution is 7.91. The molecule has 3 aliphatic heterocycles. The molecular formula is C21H28N2O5S. The summed E-state index contributed by atoms with van der Waals surface area (Å²) in [6.45, 7) is 2.34. The van der Waals surface area contributed by atoms with Crippen LogP contribution < -0.4 is 0 Å². The van der Waals surface area contributed by atoms with Crippen molar-refractivity contribution in [2.75, 3.05) is 38.6 Å². The van der Waals surface area contributed by atoms with Gasteiger partial charge >= 0.3 is 0 Å². The van der Waals surface area contributed by atoms with Crippen molar-refractivity contribution in [1.82, 2.24) is 9.80 Å². The van der Waals surface area contributed by atoms with Crippen molar-refractivity contribution >= 4 is 21.7 Å². The van der Waals surface area contributed by atoms with Crippen LogP contribution in [0, 0.1) is 5.92 Å². The van der Waals surface area contributed by atoms with E-state index in [1.165, 1.54) is 0 Å². The Labute approximate surface area is 171 Å². The largest absolute Gasteiger partial charge is 0.381 e. The van der Waals surface area contributed by atoms with Gasteiger partial charge in [-0.1, -0.05) is 30.3 Å². The minimum absolute atomic E-state index is 0.0276. The molecule has 7 nitrogen and oxygen atoms in total. The van der Waals surface area contributed by atoms with Crippen LogP contribution in [0.3, 0.4) is 0 Å². The zero-order chi connectivity index (χ0) is 20.4. The van der Waals surface area contributed by atoms with Crippen molar-refractivity contribution in [2.24, 2.45) is 5.92 Å². The van der Waals surface area contributed by atoms with Gasteiger partial charge in [-0.3, -0.25) is 9.59 Å². The molecule has 0 aliphatic carbocycles. The topological polar surface area (TPSA) is 84.0 Å². The van der Waals surface area contributed by atoms with Gasteiger partial charge in [-0.15, -0.1) is 0 Å². The molecule has 29 heavy (non-hydrogen) atoms. The van der Waals surface area contributed by atoms with Gasteiger partial charge in [-0.05, 0) is 24.8 Å². The van der Waals surface area contributed by atoms with E-state index in [4.69, 9.17) is 4.74 Å². The van der Waals surface area contributed by atoms with E-state index in [1.807, 2.05) is 35.2 Å². The predicted octanol–water partition coefficient (Wildman–Crippen LogP) is 1.40. The zero-order valence-corrected chi connectivity index (χ0v) is 17.4. The van der Waals surface area contributed by atoms with Crippen LogP contribution in [0.5, 0.6) is 0 Å². The van der Waals surface area contributed by atoms with Crippen molar-refractivity contribution < 1.29 is 22.7 Å². The summed E-state index contributed by atoms with van der Waals surface area (Å²) in [5.74, 6) is -0.471. The van der Waals surface area contributed by atoms with Gasteiger partial charge in [-0.2, -0.15) is 0 Å². The van der Waals surface area contributed by atoms with Gasteiger partial charge < -0.3 is 14.5 Å². The molecule has 3 heterocycles. The SMILES string of the molecule is O=C([C@@H]1CC(=O)N(C2CCOCC2)C1)N1CC[C@H](c2ccccc2)S(=O)(=O)CC1. The summed E-state index contributed by atoms with van der Waals surface area (Å²) in [4.78, 5) is 29.1. The lowest BCUT2D eigenvalue weighted by molar-refractivity contribution is -0.135. The molecule has 8 heteroatoms. The van der Waals surface area contributed by atoms with Crippen LogP contribution in [-0.4, -0.2) is 74.7 Å². The number of carbonyl (C=O) groups is 2. The lowest BCUT2D eigenvalue weighted by Gasteiger charge is -2.31. The maximum Gasteiger partial charge on any atom is 0.228 e. The number of ether oxygens (including phenoxy) is 1. The summed E-state index contributed by atoms with van der Waals surface area (Å²) in [5.41, 5.74) is 0.781. The van der Waals surface area contributed by atoms with Crippen molar-refractivity contribution in [1.29, 1.82) is 0 Å². The first-order chi connectivity index (χ1) is 14.0. The first-order valence-corrected chi connectivity index (χ1v) is 12.1. The van der Waals surface area contributed by atoms with Crippen LogP contribution in [0.2, 0.25) is 0 Å². The molecule has 2 amide bonds.